The molecule has 0 unspecified atom stereocenters. The Morgan fingerprint density at radius 2 is 2.06 bits per heavy atom. The van der Waals surface area contributed by atoms with Gasteiger partial charge in [-0.1, -0.05) is 5.11 Å². The summed E-state index contributed by atoms with van der Waals surface area (Å²) >= 11 is 0. The summed E-state index contributed by atoms with van der Waals surface area (Å²) in [4.78, 5) is 2.68. The molecule has 0 spiro atoms. The first kappa shape index (κ1) is 14.3. The lowest BCUT2D eigenvalue weighted by Gasteiger charge is -2.07. The van der Waals surface area contributed by atoms with Crippen LogP contribution >= 0.6 is 0 Å². The minimum Gasteiger partial charge on any atom is -0.494 e. The molecule has 18 heavy (non-hydrogen) atoms. The normalized spacial score (nSPS) is 10.7. The number of nitrogens with one attached hydrogen (secondary N) is 1. The molecule has 0 amide bonds. The van der Waals surface area contributed by atoms with E-state index in [1.807, 2.05) is 6.92 Å². The number of hydrogen-bond acceptors (Lipinski definition) is 4. The zero-order valence-corrected chi connectivity index (χ0v) is 10.7. The Labute approximate surface area is 105 Å². The van der Waals surface area contributed by atoms with Crippen LogP contribution in [0.3, 0.4) is 0 Å². The van der Waals surface area contributed by atoms with E-state index < -0.39 is 10.0 Å². The summed E-state index contributed by atoms with van der Waals surface area (Å²) in [6.07, 6.45) is 0. The Bertz CT molecular complexity index is 521. The highest BCUT2D eigenvalue weighted by Gasteiger charge is 2.12. The average molecular weight is 270 g/mol. The molecule has 8 heteroatoms. The van der Waals surface area contributed by atoms with Gasteiger partial charge in [0.1, 0.15) is 5.75 Å². The molecule has 1 aromatic rings. The number of azide groups is 1. The van der Waals surface area contributed by atoms with Gasteiger partial charge in [0.25, 0.3) is 0 Å². The van der Waals surface area contributed by atoms with Crippen LogP contribution in [-0.2, 0) is 10.0 Å². The third kappa shape index (κ3) is 4.25. The summed E-state index contributed by atoms with van der Waals surface area (Å²) in [6, 6.07) is 6.10. The number of hydrogen-bond donors (Lipinski definition) is 1. The Kier molecular flexibility index (Phi) is 5.44. The maximum absolute atomic E-state index is 11.8. The van der Waals surface area contributed by atoms with Crippen molar-refractivity contribution in [3.05, 3.63) is 34.7 Å². The van der Waals surface area contributed by atoms with Gasteiger partial charge in [-0.25, -0.2) is 13.1 Å². The van der Waals surface area contributed by atoms with Gasteiger partial charge in [0.15, 0.2) is 0 Å². The van der Waals surface area contributed by atoms with Crippen molar-refractivity contribution in [2.24, 2.45) is 5.11 Å². The van der Waals surface area contributed by atoms with Crippen molar-refractivity contribution in [1.82, 2.24) is 4.72 Å². The molecule has 0 saturated heterocycles. The van der Waals surface area contributed by atoms with Crippen LogP contribution in [0.2, 0.25) is 0 Å². The van der Waals surface area contributed by atoms with Crippen molar-refractivity contribution in [2.75, 3.05) is 19.7 Å². The van der Waals surface area contributed by atoms with Gasteiger partial charge in [0, 0.05) is 18.0 Å². The second-order valence-electron chi connectivity index (χ2n) is 3.26. The molecule has 0 aliphatic carbocycles. The first-order valence-corrected chi connectivity index (χ1v) is 6.82. The molecular weight excluding hydrogens is 256 g/mol. The fourth-order valence-electron chi connectivity index (χ4n) is 1.24. The Hall–Kier alpha value is -1.76. The van der Waals surface area contributed by atoms with Crippen molar-refractivity contribution in [3.8, 4) is 5.75 Å². The second-order valence-corrected chi connectivity index (χ2v) is 5.02. The van der Waals surface area contributed by atoms with Gasteiger partial charge < -0.3 is 4.74 Å². The van der Waals surface area contributed by atoms with Crippen LogP contribution in [0.25, 0.3) is 10.4 Å². The average Bonchev–Trinajstić information content (AvgIpc) is 2.36. The predicted octanol–water partition coefficient (Wildman–Crippen LogP) is 1.67. The quantitative estimate of drug-likeness (QED) is 0.352. The van der Waals surface area contributed by atoms with Crippen molar-refractivity contribution in [1.29, 1.82) is 0 Å². The zero-order chi connectivity index (χ0) is 13.4. The van der Waals surface area contributed by atoms with Gasteiger partial charge >= 0.3 is 0 Å². The summed E-state index contributed by atoms with van der Waals surface area (Å²) in [5.41, 5.74) is 8.06. The van der Waals surface area contributed by atoms with Gasteiger partial charge in [0.2, 0.25) is 10.0 Å². The van der Waals surface area contributed by atoms with Gasteiger partial charge in [-0.2, -0.15) is 0 Å². The monoisotopic (exact) mass is 270 g/mol. The lowest BCUT2D eigenvalue weighted by Crippen LogP contribution is -2.26. The van der Waals surface area contributed by atoms with E-state index in [0.717, 1.165) is 0 Å². The summed E-state index contributed by atoms with van der Waals surface area (Å²) < 4.78 is 31.1. The molecule has 7 nitrogen and oxygen atoms in total. The Balaban J connectivity index is 2.69. The lowest BCUT2D eigenvalue weighted by atomic mass is 10.3. The molecule has 0 aliphatic rings. The maximum Gasteiger partial charge on any atom is 0.240 e. The van der Waals surface area contributed by atoms with Crippen LogP contribution in [0.1, 0.15) is 6.92 Å². The largest absolute Gasteiger partial charge is 0.494 e. The summed E-state index contributed by atoms with van der Waals surface area (Å²) in [5, 5.41) is 3.24. The predicted molar refractivity (Wildman–Crippen MR) is 66.8 cm³/mol. The fraction of sp³-hybridized carbons (Fsp3) is 0.400. The van der Waals surface area contributed by atoms with E-state index in [4.69, 9.17) is 10.3 Å². The number of sulfonamides is 1. The van der Waals surface area contributed by atoms with Crippen LogP contribution < -0.4 is 9.46 Å². The standard InChI is InChI=1S/C10H14N4O3S/c1-2-17-9-3-5-10(6-4-9)18(15,16)13-8-7-12-14-11/h3-6,13H,2,7-8H2,1H3. The smallest absolute Gasteiger partial charge is 0.240 e. The highest BCUT2D eigenvalue weighted by Crippen LogP contribution is 2.15. The summed E-state index contributed by atoms with van der Waals surface area (Å²) in [6.45, 7) is 2.52. The SMILES string of the molecule is CCOc1ccc(S(=O)(=O)NCCN=[N+]=[N-])cc1. The molecule has 0 fully saturated rings. The number of rotatable bonds is 7. The molecule has 0 aliphatic heterocycles. The lowest BCUT2D eigenvalue weighted by molar-refractivity contribution is 0.340. The molecule has 0 radical (unpaired) electrons. The highest BCUT2D eigenvalue weighted by molar-refractivity contribution is 7.89. The molecular formula is C10H14N4O3S. The zero-order valence-electron chi connectivity index (χ0n) is 9.91. The summed E-state index contributed by atoms with van der Waals surface area (Å²) in [5.74, 6) is 0.616. The molecule has 98 valence electrons. The van der Waals surface area contributed by atoms with Crippen LogP contribution in [0, 0.1) is 0 Å². The van der Waals surface area contributed by atoms with Crippen LogP contribution in [0.15, 0.2) is 34.3 Å². The molecule has 0 saturated carbocycles. The molecule has 0 bridgehead atoms. The second kappa shape index (κ2) is 6.85. The van der Waals surface area contributed by atoms with E-state index >= 15 is 0 Å². The first-order chi connectivity index (χ1) is 8.60. The number of benzene rings is 1. The Morgan fingerprint density at radius 3 is 2.61 bits per heavy atom. The van der Waals surface area contributed by atoms with Crippen molar-refractivity contribution in [3.63, 3.8) is 0 Å². The van der Waals surface area contributed by atoms with Crippen molar-refractivity contribution in [2.45, 2.75) is 11.8 Å². The van der Waals surface area contributed by atoms with Gasteiger partial charge in [0.05, 0.1) is 11.5 Å². The van der Waals surface area contributed by atoms with Crippen LogP contribution in [0.5, 0.6) is 5.75 Å². The molecule has 0 aromatic heterocycles. The van der Waals surface area contributed by atoms with Gasteiger partial charge in [-0.3, -0.25) is 0 Å². The fourth-order valence-corrected chi connectivity index (χ4v) is 2.26. The first-order valence-electron chi connectivity index (χ1n) is 5.33. The third-order valence-electron chi connectivity index (χ3n) is 2.01. The van der Waals surface area contributed by atoms with Crippen LogP contribution in [-0.4, -0.2) is 28.1 Å². The van der Waals surface area contributed by atoms with Crippen LogP contribution in [0.4, 0.5) is 0 Å². The number of nitrogens with zero attached hydrogens (tertiary/aromatic N) is 3. The Morgan fingerprint density at radius 1 is 1.39 bits per heavy atom. The van der Waals surface area contributed by atoms with E-state index in [2.05, 4.69) is 14.7 Å². The van der Waals surface area contributed by atoms with Crippen molar-refractivity contribution < 1.29 is 13.2 Å². The number of ether oxygens (including phenoxy) is 1. The van der Waals surface area contributed by atoms with Gasteiger partial charge in [-0.05, 0) is 36.7 Å². The molecule has 1 N–H and O–H groups in total. The highest BCUT2D eigenvalue weighted by atomic mass is 32.2. The molecule has 0 heterocycles. The third-order valence-corrected chi connectivity index (χ3v) is 3.49. The van der Waals surface area contributed by atoms with E-state index in [9.17, 15) is 8.42 Å². The molecule has 1 rings (SSSR count). The maximum atomic E-state index is 11.8. The minimum atomic E-state index is -3.56. The van der Waals surface area contributed by atoms with E-state index in [-0.39, 0.29) is 18.0 Å². The van der Waals surface area contributed by atoms with Crippen molar-refractivity contribution >= 4 is 10.0 Å². The van der Waals surface area contributed by atoms with E-state index in [1.54, 1.807) is 12.1 Å². The molecule has 0 atom stereocenters. The molecule has 1 aromatic carbocycles. The summed E-state index contributed by atoms with van der Waals surface area (Å²) in [7, 11) is -3.56. The van der Waals surface area contributed by atoms with E-state index in [0.29, 0.717) is 12.4 Å². The van der Waals surface area contributed by atoms with E-state index in [1.165, 1.54) is 12.1 Å². The minimum absolute atomic E-state index is 0.0691. The topological polar surface area (TPSA) is 104 Å². The van der Waals surface area contributed by atoms with Gasteiger partial charge in [-0.15, -0.1) is 0 Å².